The van der Waals surface area contributed by atoms with Crippen molar-refractivity contribution >= 4 is 12.2 Å². The zero-order valence-corrected chi connectivity index (χ0v) is 11.4. The number of hydrogen-bond donors (Lipinski definition) is 0. The van der Waals surface area contributed by atoms with Crippen molar-refractivity contribution in [3.8, 4) is 11.3 Å². The Morgan fingerprint density at radius 2 is 1.50 bits per heavy atom. The molecule has 0 saturated heterocycles. The highest BCUT2D eigenvalue weighted by molar-refractivity contribution is 5.71. The van der Waals surface area contributed by atoms with E-state index in [9.17, 15) is 0 Å². The van der Waals surface area contributed by atoms with Crippen molar-refractivity contribution in [2.45, 2.75) is 0 Å². The third-order valence-electron chi connectivity index (χ3n) is 3.29. The molecule has 0 unspecified atom stereocenters. The van der Waals surface area contributed by atoms with Crippen LogP contribution in [0.25, 0.3) is 23.4 Å². The maximum absolute atomic E-state index is 4.15. The Morgan fingerprint density at radius 3 is 2.10 bits per heavy atom. The molecule has 0 radical (unpaired) electrons. The molecule has 2 aromatic carbocycles. The average Bonchev–Trinajstić information content (AvgIpc) is 2.93. The van der Waals surface area contributed by atoms with Crippen LogP contribution in [-0.2, 0) is 7.05 Å². The van der Waals surface area contributed by atoms with Gasteiger partial charge in [-0.3, -0.25) is 0 Å². The van der Waals surface area contributed by atoms with Gasteiger partial charge in [-0.1, -0.05) is 66.7 Å². The fourth-order valence-electron chi connectivity index (χ4n) is 2.16. The minimum Gasteiger partial charge on any atom is -0.334 e. The molecule has 1 aromatic heterocycles. The highest BCUT2D eigenvalue weighted by Crippen LogP contribution is 2.19. The van der Waals surface area contributed by atoms with Crippen molar-refractivity contribution in [1.82, 2.24) is 9.55 Å². The molecule has 3 rings (SSSR count). The zero-order chi connectivity index (χ0) is 13.8. The van der Waals surface area contributed by atoms with E-state index in [1.54, 1.807) is 0 Å². The molecule has 0 aliphatic rings. The smallest absolute Gasteiger partial charge is 0.0948 e. The third kappa shape index (κ3) is 2.69. The van der Waals surface area contributed by atoms with Crippen molar-refractivity contribution in [3.05, 3.63) is 78.2 Å². The molecule has 20 heavy (non-hydrogen) atoms. The van der Waals surface area contributed by atoms with Crippen molar-refractivity contribution in [3.63, 3.8) is 0 Å². The summed E-state index contributed by atoms with van der Waals surface area (Å²) in [6.45, 7) is 0. The minimum atomic E-state index is 1.13. The highest BCUT2D eigenvalue weighted by Gasteiger charge is 2.00. The summed E-state index contributed by atoms with van der Waals surface area (Å²) in [6.07, 6.45) is 7.95. The van der Waals surface area contributed by atoms with Gasteiger partial charge in [-0.25, -0.2) is 4.98 Å². The van der Waals surface area contributed by atoms with Gasteiger partial charge in [0.1, 0.15) is 0 Å². The molecule has 0 saturated carbocycles. The topological polar surface area (TPSA) is 17.8 Å². The highest BCUT2D eigenvalue weighted by atomic mass is 15.0. The lowest BCUT2D eigenvalue weighted by Gasteiger charge is -2.02. The lowest BCUT2D eigenvalue weighted by Crippen LogP contribution is -1.88. The van der Waals surface area contributed by atoms with Crippen molar-refractivity contribution in [2.24, 2.45) is 7.05 Å². The summed E-state index contributed by atoms with van der Waals surface area (Å²) in [4.78, 5) is 4.15. The summed E-state index contributed by atoms with van der Waals surface area (Å²) in [5.74, 6) is 0. The first-order valence-electron chi connectivity index (χ1n) is 6.63. The first kappa shape index (κ1) is 12.4. The van der Waals surface area contributed by atoms with Gasteiger partial charge >= 0.3 is 0 Å². The van der Waals surface area contributed by atoms with Crippen LogP contribution < -0.4 is 0 Å². The predicted octanol–water partition coefficient (Wildman–Crippen LogP) is 4.26. The molecular formula is C18H16N2. The molecule has 0 aliphatic heterocycles. The van der Waals surface area contributed by atoms with E-state index in [0.717, 1.165) is 5.69 Å². The minimum absolute atomic E-state index is 1.13. The second-order valence-corrected chi connectivity index (χ2v) is 4.76. The van der Waals surface area contributed by atoms with E-state index >= 15 is 0 Å². The average molecular weight is 260 g/mol. The summed E-state index contributed by atoms with van der Waals surface area (Å²) < 4.78 is 2.02. The van der Waals surface area contributed by atoms with E-state index in [2.05, 4.69) is 53.5 Å². The molecule has 0 N–H and O–H groups in total. The second kappa shape index (κ2) is 5.57. The van der Waals surface area contributed by atoms with Crippen LogP contribution in [0, 0.1) is 0 Å². The van der Waals surface area contributed by atoms with E-state index in [-0.39, 0.29) is 0 Å². The van der Waals surface area contributed by atoms with Gasteiger partial charge in [0.15, 0.2) is 0 Å². The maximum Gasteiger partial charge on any atom is 0.0948 e. The van der Waals surface area contributed by atoms with Gasteiger partial charge in [-0.05, 0) is 16.7 Å². The number of benzene rings is 2. The van der Waals surface area contributed by atoms with E-state index in [1.165, 1.54) is 16.7 Å². The molecule has 0 spiro atoms. The predicted molar refractivity (Wildman–Crippen MR) is 84.0 cm³/mol. The van der Waals surface area contributed by atoms with Crippen LogP contribution in [-0.4, -0.2) is 9.55 Å². The van der Waals surface area contributed by atoms with Gasteiger partial charge in [0.25, 0.3) is 0 Å². The number of aryl methyl sites for hydroxylation is 1. The molecule has 0 atom stereocenters. The van der Waals surface area contributed by atoms with Crippen LogP contribution in [0.4, 0.5) is 0 Å². The van der Waals surface area contributed by atoms with E-state index in [4.69, 9.17) is 0 Å². The first-order valence-corrected chi connectivity index (χ1v) is 6.63. The Bertz CT molecular complexity index is 707. The Labute approximate surface area is 119 Å². The Balaban J connectivity index is 1.80. The summed E-state index contributed by atoms with van der Waals surface area (Å²) in [7, 11) is 2.01. The standard InChI is InChI=1S/C18H16N2/c1-20-14-19-13-18(20)17-11-9-16(10-12-17)8-7-15-5-3-2-4-6-15/h2-14H,1H3/b8-7+. The van der Waals surface area contributed by atoms with Crippen LogP contribution in [0.3, 0.4) is 0 Å². The molecule has 0 amide bonds. The van der Waals surface area contributed by atoms with Crippen LogP contribution >= 0.6 is 0 Å². The number of rotatable bonds is 3. The lowest BCUT2D eigenvalue weighted by atomic mass is 10.1. The molecule has 0 aliphatic carbocycles. The van der Waals surface area contributed by atoms with E-state index in [0.29, 0.717) is 0 Å². The van der Waals surface area contributed by atoms with Crippen molar-refractivity contribution in [1.29, 1.82) is 0 Å². The normalized spacial score (nSPS) is 11.1. The SMILES string of the molecule is Cn1cncc1-c1ccc(/C=C/c2ccccc2)cc1. The van der Waals surface area contributed by atoms with Gasteiger partial charge in [-0.2, -0.15) is 0 Å². The lowest BCUT2D eigenvalue weighted by molar-refractivity contribution is 0.921. The Kier molecular flexibility index (Phi) is 3.46. The monoisotopic (exact) mass is 260 g/mol. The van der Waals surface area contributed by atoms with E-state index in [1.807, 2.05) is 42.3 Å². The molecule has 98 valence electrons. The maximum atomic E-state index is 4.15. The van der Waals surface area contributed by atoms with Crippen LogP contribution in [0.1, 0.15) is 11.1 Å². The van der Waals surface area contributed by atoms with E-state index < -0.39 is 0 Å². The molecular weight excluding hydrogens is 244 g/mol. The molecule has 1 heterocycles. The van der Waals surface area contributed by atoms with Gasteiger partial charge in [0, 0.05) is 7.05 Å². The van der Waals surface area contributed by atoms with Crippen molar-refractivity contribution < 1.29 is 0 Å². The zero-order valence-electron chi connectivity index (χ0n) is 11.4. The quantitative estimate of drug-likeness (QED) is 0.643. The fraction of sp³-hybridized carbons (Fsp3) is 0.0556. The molecule has 0 fully saturated rings. The number of aromatic nitrogens is 2. The van der Waals surface area contributed by atoms with Gasteiger partial charge in [0.2, 0.25) is 0 Å². The number of imidazole rings is 1. The number of hydrogen-bond acceptors (Lipinski definition) is 1. The summed E-state index contributed by atoms with van der Waals surface area (Å²) >= 11 is 0. The summed E-state index contributed by atoms with van der Waals surface area (Å²) in [5.41, 5.74) is 4.72. The summed E-state index contributed by atoms with van der Waals surface area (Å²) in [5, 5.41) is 0. The van der Waals surface area contributed by atoms with Crippen LogP contribution in [0.5, 0.6) is 0 Å². The molecule has 0 bridgehead atoms. The van der Waals surface area contributed by atoms with Crippen LogP contribution in [0.2, 0.25) is 0 Å². The van der Waals surface area contributed by atoms with Gasteiger partial charge in [-0.15, -0.1) is 0 Å². The van der Waals surface area contributed by atoms with Gasteiger partial charge in [0.05, 0.1) is 18.2 Å². The Hall–Kier alpha value is -2.61. The molecule has 2 heteroatoms. The van der Waals surface area contributed by atoms with Crippen LogP contribution in [0.15, 0.2) is 67.1 Å². The van der Waals surface area contributed by atoms with Gasteiger partial charge < -0.3 is 4.57 Å². The number of nitrogens with zero attached hydrogens (tertiary/aromatic N) is 2. The third-order valence-corrected chi connectivity index (χ3v) is 3.29. The largest absolute Gasteiger partial charge is 0.334 e. The second-order valence-electron chi connectivity index (χ2n) is 4.76. The molecule has 2 nitrogen and oxygen atoms in total. The molecule has 3 aromatic rings. The Morgan fingerprint density at radius 1 is 0.850 bits per heavy atom. The summed E-state index contributed by atoms with van der Waals surface area (Å²) in [6, 6.07) is 18.8. The fourth-order valence-corrected chi connectivity index (χ4v) is 2.16. The van der Waals surface area contributed by atoms with Crippen molar-refractivity contribution in [2.75, 3.05) is 0 Å². The first-order chi connectivity index (χ1) is 9.83.